The molecule has 2 atom stereocenters. The molecule has 2 fully saturated rings. The Balaban J connectivity index is 1.48. The van der Waals surface area contributed by atoms with Crippen molar-refractivity contribution >= 4 is 0 Å². The van der Waals surface area contributed by atoms with E-state index in [0.29, 0.717) is 0 Å². The van der Waals surface area contributed by atoms with Crippen LogP contribution in [0.4, 0.5) is 0 Å². The molecule has 0 aromatic heterocycles. The summed E-state index contributed by atoms with van der Waals surface area (Å²) in [6, 6.07) is 0. The molecular weight excluding hydrogens is 200 g/mol. The lowest BCUT2D eigenvalue weighted by Gasteiger charge is -2.16. The van der Waals surface area contributed by atoms with E-state index in [2.05, 4.69) is 17.1 Å². The highest BCUT2D eigenvalue weighted by atomic mass is 16.5. The molecule has 3 heteroatoms. The fourth-order valence-electron chi connectivity index (χ4n) is 2.74. The minimum atomic E-state index is 0.766. The van der Waals surface area contributed by atoms with Crippen molar-refractivity contribution in [2.45, 2.75) is 26.2 Å². The van der Waals surface area contributed by atoms with Gasteiger partial charge in [0, 0.05) is 32.8 Å². The Hall–Kier alpha value is -0.120. The van der Waals surface area contributed by atoms with E-state index >= 15 is 0 Å². The van der Waals surface area contributed by atoms with Crippen molar-refractivity contribution < 1.29 is 4.74 Å². The molecule has 0 saturated carbocycles. The van der Waals surface area contributed by atoms with Gasteiger partial charge in [0.25, 0.3) is 0 Å². The van der Waals surface area contributed by atoms with E-state index in [9.17, 15) is 0 Å². The fourth-order valence-corrected chi connectivity index (χ4v) is 2.74. The van der Waals surface area contributed by atoms with Crippen LogP contribution in [-0.2, 0) is 4.74 Å². The summed E-state index contributed by atoms with van der Waals surface area (Å²) in [5, 5.41) is 3.57. The van der Waals surface area contributed by atoms with Crippen LogP contribution in [0.5, 0.6) is 0 Å². The highest BCUT2D eigenvalue weighted by molar-refractivity contribution is 4.75. The minimum Gasteiger partial charge on any atom is -0.381 e. The first kappa shape index (κ1) is 12.3. The van der Waals surface area contributed by atoms with E-state index in [1.807, 2.05) is 0 Å². The van der Waals surface area contributed by atoms with Gasteiger partial charge < -0.3 is 15.0 Å². The molecule has 0 spiro atoms. The van der Waals surface area contributed by atoms with Crippen molar-refractivity contribution in [2.75, 3.05) is 45.9 Å². The summed E-state index contributed by atoms with van der Waals surface area (Å²) < 4.78 is 5.37. The lowest BCUT2D eigenvalue weighted by Crippen LogP contribution is -2.33. The number of hydrogen-bond acceptors (Lipinski definition) is 3. The molecule has 2 unspecified atom stereocenters. The second-order valence-electron chi connectivity index (χ2n) is 5.30. The van der Waals surface area contributed by atoms with Crippen molar-refractivity contribution in [3.63, 3.8) is 0 Å². The molecule has 1 N–H and O–H groups in total. The Morgan fingerprint density at radius 2 is 2.25 bits per heavy atom. The number of likely N-dealkylation sites (tertiary alicyclic amines) is 1. The summed E-state index contributed by atoms with van der Waals surface area (Å²) in [5.74, 6) is 1.73. The highest BCUT2D eigenvalue weighted by Crippen LogP contribution is 2.18. The Labute approximate surface area is 99.5 Å². The molecule has 2 saturated heterocycles. The molecule has 2 aliphatic rings. The summed E-state index contributed by atoms with van der Waals surface area (Å²) in [5.41, 5.74) is 0. The van der Waals surface area contributed by atoms with E-state index in [-0.39, 0.29) is 0 Å². The molecule has 0 aromatic carbocycles. The summed E-state index contributed by atoms with van der Waals surface area (Å²) in [4.78, 5) is 2.60. The number of hydrogen-bond donors (Lipinski definition) is 1. The first-order valence-electron chi connectivity index (χ1n) is 6.89. The average molecular weight is 226 g/mol. The smallest absolute Gasteiger partial charge is 0.0507 e. The first-order chi connectivity index (χ1) is 7.88. The van der Waals surface area contributed by atoms with Gasteiger partial charge in [0.2, 0.25) is 0 Å². The van der Waals surface area contributed by atoms with Crippen LogP contribution in [0.3, 0.4) is 0 Å². The van der Waals surface area contributed by atoms with Crippen LogP contribution >= 0.6 is 0 Å². The topological polar surface area (TPSA) is 24.5 Å². The van der Waals surface area contributed by atoms with Gasteiger partial charge in [-0.25, -0.2) is 0 Å². The predicted octanol–water partition coefficient (Wildman–Crippen LogP) is 1.34. The van der Waals surface area contributed by atoms with E-state index in [4.69, 9.17) is 4.74 Å². The summed E-state index contributed by atoms with van der Waals surface area (Å²) in [7, 11) is 0. The Morgan fingerprint density at radius 3 is 2.94 bits per heavy atom. The third-order valence-electron chi connectivity index (χ3n) is 4.01. The SMILES string of the molecule is CCC1CCN(CCNCC2CCOC2)C1. The molecule has 3 nitrogen and oxygen atoms in total. The van der Waals surface area contributed by atoms with Gasteiger partial charge in [-0.05, 0) is 31.2 Å². The van der Waals surface area contributed by atoms with Gasteiger partial charge in [-0.3, -0.25) is 0 Å². The third kappa shape index (κ3) is 3.72. The van der Waals surface area contributed by atoms with Gasteiger partial charge in [-0.2, -0.15) is 0 Å². The van der Waals surface area contributed by atoms with Crippen LogP contribution in [-0.4, -0.2) is 50.8 Å². The van der Waals surface area contributed by atoms with Crippen molar-refractivity contribution in [1.82, 2.24) is 10.2 Å². The molecule has 0 aromatic rings. The largest absolute Gasteiger partial charge is 0.381 e. The van der Waals surface area contributed by atoms with Gasteiger partial charge >= 0.3 is 0 Å². The Kier molecular flexibility index (Phi) is 5.07. The van der Waals surface area contributed by atoms with Gasteiger partial charge in [0.1, 0.15) is 0 Å². The Morgan fingerprint density at radius 1 is 1.31 bits per heavy atom. The van der Waals surface area contributed by atoms with Gasteiger partial charge in [-0.1, -0.05) is 13.3 Å². The molecule has 2 heterocycles. The van der Waals surface area contributed by atoms with E-state index < -0.39 is 0 Å². The van der Waals surface area contributed by atoms with Crippen LogP contribution in [0.25, 0.3) is 0 Å². The summed E-state index contributed by atoms with van der Waals surface area (Å²) in [6.45, 7) is 10.4. The van der Waals surface area contributed by atoms with Crippen molar-refractivity contribution in [2.24, 2.45) is 11.8 Å². The maximum atomic E-state index is 5.37. The van der Waals surface area contributed by atoms with Crippen LogP contribution in [0.1, 0.15) is 26.2 Å². The molecule has 0 amide bonds. The minimum absolute atomic E-state index is 0.766. The highest BCUT2D eigenvalue weighted by Gasteiger charge is 2.20. The molecule has 0 radical (unpaired) electrons. The van der Waals surface area contributed by atoms with Crippen LogP contribution in [0, 0.1) is 11.8 Å². The number of nitrogens with one attached hydrogen (secondary N) is 1. The van der Waals surface area contributed by atoms with Crippen LogP contribution in [0.15, 0.2) is 0 Å². The molecule has 16 heavy (non-hydrogen) atoms. The third-order valence-corrected chi connectivity index (χ3v) is 4.01. The quantitative estimate of drug-likeness (QED) is 0.692. The van der Waals surface area contributed by atoms with E-state index in [1.165, 1.54) is 38.9 Å². The lowest BCUT2D eigenvalue weighted by molar-refractivity contribution is 0.185. The summed E-state index contributed by atoms with van der Waals surface area (Å²) >= 11 is 0. The lowest BCUT2D eigenvalue weighted by atomic mass is 10.1. The number of nitrogens with zero attached hydrogens (tertiary/aromatic N) is 1. The first-order valence-corrected chi connectivity index (χ1v) is 6.89. The fraction of sp³-hybridized carbons (Fsp3) is 1.00. The molecule has 94 valence electrons. The summed E-state index contributed by atoms with van der Waals surface area (Å²) in [6.07, 6.45) is 4.00. The number of rotatable bonds is 6. The van der Waals surface area contributed by atoms with Crippen LogP contribution in [0.2, 0.25) is 0 Å². The predicted molar refractivity (Wildman–Crippen MR) is 66.6 cm³/mol. The number of ether oxygens (including phenoxy) is 1. The monoisotopic (exact) mass is 226 g/mol. The standard InChI is InChI=1S/C13H26N2O/c1-2-12-3-6-15(10-12)7-5-14-9-13-4-8-16-11-13/h12-14H,2-11H2,1H3. The van der Waals surface area contributed by atoms with Gasteiger partial charge in [0.05, 0.1) is 6.61 Å². The second kappa shape index (κ2) is 6.58. The van der Waals surface area contributed by atoms with Crippen molar-refractivity contribution in [1.29, 1.82) is 0 Å². The van der Waals surface area contributed by atoms with Crippen molar-refractivity contribution in [3.05, 3.63) is 0 Å². The zero-order valence-corrected chi connectivity index (χ0v) is 10.6. The molecule has 2 aliphatic heterocycles. The maximum absolute atomic E-state index is 5.37. The zero-order chi connectivity index (χ0) is 11.2. The van der Waals surface area contributed by atoms with E-state index in [1.54, 1.807) is 0 Å². The molecule has 0 bridgehead atoms. The average Bonchev–Trinajstić information content (AvgIpc) is 2.95. The Bertz CT molecular complexity index is 192. The van der Waals surface area contributed by atoms with Gasteiger partial charge in [-0.15, -0.1) is 0 Å². The normalized spacial score (nSPS) is 31.3. The van der Waals surface area contributed by atoms with E-state index in [0.717, 1.165) is 38.1 Å². The molecular formula is C13H26N2O. The molecule has 0 aliphatic carbocycles. The molecule has 2 rings (SSSR count). The van der Waals surface area contributed by atoms with Crippen LogP contribution < -0.4 is 5.32 Å². The van der Waals surface area contributed by atoms with Gasteiger partial charge in [0.15, 0.2) is 0 Å². The maximum Gasteiger partial charge on any atom is 0.0507 e. The second-order valence-corrected chi connectivity index (χ2v) is 5.30. The zero-order valence-electron chi connectivity index (χ0n) is 10.6. The van der Waals surface area contributed by atoms with Crippen molar-refractivity contribution in [3.8, 4) is 0 Å².